The molecule has 3 nitrogen and oxygen atoms in total. The quantitative estimate of drug-likeness (QED) is 0.670. The molecule has 0 radical (unpaired) electrons. The minimum absolute atomic E-state index is 0.181. The van der Waals surface area contributed by atoms with Crippen LogP contribution in [0.4, 0.5) is 5.69 Å². The third kappa shape index (κ3) is 1.85. The highest BCUT2D eigenvalue weighted by Crippen LogP contribution is 2.32. The maximum atomic E-state index is 9.84. The first-order valence-electron chi connectivity index (χ1n) is 5.09. The minimum atomic E-state index is 0.181. The molecule has 0 aliphatic rings. The average molecular weight is 214 g/mol. The van der Waals surface area contributed by atoms with Crippen molar-refractivity contribution in [2.24, 2.45) is 5.73 Å². The van der Waals surface area contributed by atoms with Crippen LogP contribution in [0.15, 0.2) is 42.5 Å². The van der Waals surface area contributed by atoms with Crippen LogP contribution in [0.2, 0.25) is 0 Å². The topological polar surface area (TPSA) is 72.3 Å². The molecule has 2 rings (SSSR count). The van der Waals surface area contributed by atoms with Gasteiger partial charge in [-0.3, -0.25) is 0 Å². The molecule has 0 saturated carbocycles. The molecular formula is C13H14N2O. The zero-order valence-electron chi connectivity index (χ0n) is 8.85. The lowest BCUT2D eigenvalue weighted by Gasteiger charge is -2.09. The van der Waals surface area contributed by atoms with Gasteiger partial charge < -0.3 is 16.6 Å². The second-order valence-electron chi connectivity index (χ2n) is 3.64. The van der Waals surface area contributed by atoms with Gasteiger partial charge in [0.2, 0.25) is 0 Å². The third-order valence-corrected chi connectivity index (χ3v) is 2.55. The Morgan fingerprint density at radius 2 is 1.75 bits per heavy atom. The maximum Gasteiger partial charge on any atom is 0.125 e. The van der Waals surface area contributed by atoms with E-state index >= 15 is 0 Å². The summed E-state index contributed by atoms with van der Waals surface area (Å²) in [5, 5.41) is 9.84. The first-order valence-corrected chi connectivity index (χ1v) is 5.09. The molecule has 16 heavy (non-hydrogen) atoms. The van der Waals surface area contributed by atoms with E-state index < -0.39 is 0 Å². The molecule has 0 atom stereocenters. The van der Waals surface area contributed by atoms with Crippen molar-refractivity contribution in [3.8, 4) is 16.9 Å². The molecule has 0 aliphatic heterocycles. The Morgan fingerprint density at radius 3 is 2.44 bits per heavy atom. The average Bonchev–Trinajstić information content (AvgIpc) is 2.29. The van der Waals surface area contributed by atoms with Gasteiger partial charge in [0.05, 0.1) is 0 Å². The molecule has 0 saturated heterocycles. The number of phenols is 1. The van der Waals surface area contributed by atoms with Gasteiger partial charge in [0.15, 0.2) is 0 Å². The van der Waals surface area contributed by atoms with Gasteiger partial charge in [0.1, 0.15) is 5.75 Å². The lowest BCUT2D eigenvalue weighted by molar-refractivity contribution is 0.477. The Hall–Kier alpha value is -2.00. The van der Waals surface area contributed by atoms with E-state index in [1.807, 2.05) is 24.3 Å². The van der Waals surface area contributed by atoms with Crippen molar-refractivity contribution >= 4 is 5.69 Å². The Morgan fingerprint density at radius 1 is 1.00 bits per heavy atom. The van der Waals surface area contributed by atoms with Crippen molar-refractivity contribution in [2.75, 3.05) is 5.73 Å². The summed E-state index contributed by atoms with van der Waals surface area (Å²) in [4.78, 5) is 0. The van der Waals surface area contributed by atoms with Crippen LogP contribution >= 0.6 is 0 Å². The van der Waals surface area contributed by atoms with Gasteiger partial charge in [-0.1, -0.05) is 24.3 Å². The van der Waals surface area contributed by atoms with Crippen LogP contribution in [0.1, 0.15) is 5.56 Å². The summed E-state index contributed by atoms with van der Waals surface area (Å²) >= 11 is 0. The van der Waals surface area contributed by atoms with Gasteiger partial charge in [-0.15, -0.1) is 0 Å². The first-order chi connectivity index (χ1) is 7.72. The molecule has 0 aliphatic carbocycles. The molecule has 2 aromatic rings. The Labute approximate surface area is 94.3 Å². The van der Waals surface area contributed by atoms with E-state index in [2.05, 4.69) is 0 Å². The number of aromatic hydroxyl groups is 1. The molecule has 82 valence electrons. The predicted molar refractivity (Wildman–Crippen MR) is 65.8 cm³/mol. The molecule has 0 fully saturated rings. The lowest BCUT2D eigenvalue weighted by atomic mass is 9.98. The van der Waals surface area contributed by atoms with E-state index in [4.69, 9.17) is 11.5 Å². The predicted octanol–water partition coefficient (Wildman–Crippen LogP) is 2.10. The van der Waals surface area contributed by atoms with Gasteiger partial charge in [-0.2, -0.15) is 0 Å². The summed E-state index contributed by atoms with van der Waals surface area (Å²) in [6, 6.07) is 12.9. The van der Waals surface area contributed by atoms with E-state index in [1.54, 1.807) is 18.2 Å². The molecular weight excluding hydrogens is 200 g/mol. The van der Waals surface area contributed by atoms with Crippen LogP contribution in [0.3, 0.4) is 0 Å². The van der Waals surface area contributed by atoms with Gasteiger partial charge in [-0.25, -0.2) is 0 Å². The van der Waals surface area contributed by atoms with Crippen molar-refractivity contribution in [1.82, 2.24) is 0 Å². The van der Waals surface area contributed by atoms with Crippen LogP contribution in [-0.2, 0) is 6.54 Å². The molecule has 0 amide bonds. The molecule has 0 spiro atoms. The Balaban J connectivity index is 2.58. The second-order valence-corrected chi connectivity index (χ2v) is 3.64. The normalized spacial score (nSPS) is 10.3. The fraction of sp³-hybridized carbons (Fsp3) is 0.0769. The zero-order valence-corrected chi connectivity index (χ0v) is 8.85. The summed E-state index contributed by atoms with van der Waals surface area (Å²) in [6.45, 7) is 0.444. The van der Waals surface area contributed by atoms with E-state index in [-0.39, 0.29) is 5.75 Å². The molecule has 0 aromatic heterocycles. The summed E-state index contributed by atoms with van der Waals surface area (Å²) in [5.41, 5.74) is 14.5. The van der Waals surface area contributed by atoms with Crippen molar-refractivity contribution in [2.45, 2.75) is 6.54 Å². The summed E-state index contributed by atoms with van der Waals surface area (Å²) < 4.78 is 0. The second kappa shape index (κ2) is 4.24. The van der Waals surface area contributed by atoms with Crippen molar-refractivity contribution < 1.29 is 5.11 Å². The molecule has 0 unspecified atom stereocenters. The highest BCUT2D eigenvalue weighted by Gasteiger charge is 2.07. The van der Waals surface area contributed by atoms with Crippen molar-refractivity contribution in [3.63, 3.8) is 0 Å². The summed E-state index contributed by atoms with van der Waals surface area (Å²) in [6.07, 6.45) is 0. The molecule has 0 bridgehead atoms. The maximum absolute atomic E-state index is 9.84. The van der Waals surface area contributed by atoms with E-state index in [0.29, 0.717) is 12.2 Å². The minimum Gasteiger partial charge on any atom is -0.507 e. The fourth-order valence-corrected chi connectivity index (χ4v) is 1.74. The number of benzene rings is 2. The number of nitrogens with two attached hydrogens (primary N) is 2. The van der Waals surface area contributed by atoms with Crippen LogP contribution in [0.25, 0.3) is 11.1 Å². The Bertz CT molecular complexity index is 509. The van der Waals surface area contributed by atoms with Gasteiger partial charge >= 0.3 is 0 Å². The number of nitrogen functional groups attached to an aromatic ring is 1. The van der Waals surface area contributed by atoms with Crippen LogP contribution < -0.4 is 11.5 Å². The van der Waals surface area contributed by atoms with Gasteiger partial charge in [-0.05, 0) is 23.3 Å². The van der Waals surface area contributed by atoms with E-state index in [9.17, 15) is 5.11 Å². The highest BCUT2D eigenvalue weighted by molar-refractivity contribution is 5.75. The Kier molecular flexibility index (Phi) is 2.79. The number of hydrogen-bond donors (Lipinski definition) is 3. The fourth-order valence-electron chi connectivity index (χ4n) is 1.74. The smallest absolute Gasteiger partial charge is 0.125 e. The largest absolute Gasteiger partial charge is 0.507 e. The zero-order chi connectivity index (χ0) is 11.5. The van der Waals surface area contributed by atoms with Crippen molar-refractivity contribution in [1.29, 1.82) is 0 Å². The first kappa shape index (κ1) is 10.5. The number of rotatable bonds is 2. The summed E-state index contributed by atoms with van der Waals surface area (Å²) in [5.74, 6) is 0.181. The summed E-state index contributed by atoms with van der Waals surface area (Å²) in [7, 11) is 0. The van der Waals surface area contributed by atoms with Gasteiger partial charge in [0, 0.05) is 23.9 Å². The molecule has 5 N–H and O–H groups in total. The van der Waals surface area contributed by atoms with E-state index in [0.717, 1.165) is 16.7 Å². The molecule has 0 heterocycles. The number of hydrogen-bond acceptors (Lipinski definition) is 3. The number of phenolic OH excluding ortho intramolecular Hbond substituents is 1. The van der Waals surface area contributed by atoms with Gasteiger partial charge in [0.25, 0.3) is 0 Å². The van der Waals surface area contributed by atoms with E-state index in [1.165, 1.54) is 0 Å². The lowest BCUT2D eigenvalue weighted by Crippen LogP contribution is -1.98. The number of anilines is 1. The monoisotopic (exact) mass is 214 g/mol. The molecule has 3 heteroatoms. The van der Waals surface area contributed by atoms with Crippen molar-refractivity contribution in [3.05, 3.63) is 48.0 Å². The van der Waals surface area contributed by atoms with Crippen LogP contribution in [-0.4, -0.2) is 5.11 Å². The SMILES string of the molecule is NCc1ccccc1-c1ccc(N)cc1O. The third-order valence-electron chi connectivity index (χ3n) is 2.55. The van der Waals surface area contributed by atoms with Crippen LogP contribution in [0.5, 0.6) is 5.75 Å². The molecule has 2 aromatic carbocycles. The highest BCUT2D eigenvalue weighted by atomic mass is 16.3. The van der Waals surface area contributed by atoms with Crippen LogP contribution in [0, 0.1) is 0 Å². The standard InChI is InChI=1S/C13H14N2O/c14-8-9-3-1-2-4-11(9)12-6-5-10(15)7-13(12)16/h1-7,16H,8,14-15H2.